The first-order chi connectivity index (χ1) is 9.51. The molecule has 2 N–H and O–H groups in total. The Labute approximate surface area is 115 Å². The second-order valence-electron chi connectivity index (χ2n) is 4.35. The number of aromatic nitrogens is 2. The van der Waals surface area contributed by atoms with Crippen LogP contribution >= 0.6 is 0 Å². The average Bonchev–Trinajstić information content (AvgIpc) is 2.42. The van der Waals surface area contributed by atoms with Crippen LogP contribution in [0.1, 0.15) is 5.82 Å². The summed E-state index contributed by atoms with van der Waals surface area (Å²) in [5.74, 6) is 1.15. The van der Waals surface area contributed by atoms with Crippen LogP contribution in [0.3, 0.4) is 0 Å². The van der Waals surface area contributed by atoms with Gasteiger partial charge < -0.3 is 14.9 Å². The normalized spacial score (nSPS) is 10.8. The summed E-state index contributed by atoms with van der Waals surface area (Å²) in [5, 5.41) is 17.9. The smallest absolute Gasteiger partial charge is 0.254 e. The third kappa shape index (κ3) is 3.04. The number of aliphatic hydroxyl groups excluding tert-OH is 1. The third-order valence-corrected chi connectivity index (χ3v) is 2.93. The van der Waals surface area contributed by atoms with E-state index < -0.39 is 6.29 Å². The first-order valence-corrected chi connectivity index (χ1v) is 6.10. The number of benzene rings is 1. The molecule has 6 heteroatoms. The van der Waals surface area contributed by atoms with Crippen molar-refractivity contribution >= 4 is 0 Å². The number of nitrogens with zero attached hydrogens (tertiary/aromatic N) is 2. The number of methoxy groups -OCH3 is 1. The van der Waals surface area contributed by atoms with Crippen LogP contribution in [0.2, 0.25) is 0 Å². The first-order valence-electron chi connectivity index (χ1n) is 6.10. The fourth-order valence-electron chi connectivity index (χ4n) is 1.92. The molecule has 106 valence electrons. The summed E-state index contributed by atoms with van der Waals surface area (Å²) in [4.78, 5) is 16.3. The van der Waals surface area contributed by atoms with Crippen molar-refractivity contribution in [3.63, 3.8) is 0 Å². The highest BCUT2D eigenvalue weighted by molar-refractivity contribution is 5.59. The quantitative estimate of drug-likeness (QED) is 0.796. The highest BCUT2D eigenvalue weighted by Crippen LogP contribution is 2.19. The molecule has 0 saturated heterocycles. The Morgan fingerprint density at radius 2 is 1.95 bits per heavy atom. The maximum absolute atomic E-state index is 12.0. The Kier molecular flexibility index (Phi) is 4.16. The van der Waals surface area contributed by atoms with Gasteiger partial charge in [-0.3, -0.25) is 9.36 Å². The van der Waals surface area contributed by atoms with Crippen LogP contribution in [0, 0.1) is 6.92 Å². The van der Waals surface area contributed by atoms with E-state index >= 15 is 0 Å². The molecule has 2 aromatic rings. The number of ether oxygens (including phenoxy) is 1. The molecule has 0 aliphatic carbocycles. The Bertz CT molecular complexity index is 647. The molecule has 0 aliphatic heterocycles. The molecule has 1 aromatic heterocycles. The summed E-state index contributed by atoms with van der Waals surface area (Å²) >= 11 is 0. The molecule has 0 fully saturated rings. The molecule has 0 aliphatic rings. The summed E-state index contributed by atoms with van der Waals surface area (Å²) in [5.41, 5.74) is 1.01. The van der Waals surface area contributed by atoms with E-state index in [1.165, 1.54) is 10.6 Å². The lowest BCUT2D eigenvalue weighted by Gasteiger charge is -2.12. The molecule has 20 heavy (non-hydrogen) atoms. The number of hydrogen-bond acceptors (Lipinski definition) is 5. The Hall–Kier alpha value is -2.18. The van der Waals surface area contributed by atoms with E-state index in [9.17, 15) is 4.79 Å². The van der Waals surface area contributed by atoms with Crippen LogP contribution in [-0.2, 0) is 6.54 Å². The van der Waals surface area contributed by atoms with Gasteiger partial charge in [0.25, 0.3) is 5.56 Å². The second kappa shape index (κ2) is 5.85. The van der Waals surface area contributed by atoms with Gasteiger partial charge in [-0.1, -0.05) is 0 Å². The lowest BCUT2D eigenvalue weighted by atomic mass is 10.1. The maximum atomic E-state index is 12.0. The van der Waals surface area contributed by atoms with E-state index in [0.29, 0.717) is 11.5 Å². The lowest BCUT2D eigenvalue weighted by Crippen LogP contribution is -2.28. The van der Waals surface area contributed by atoms with E-state index in [1.807, 2.05) is 12.1 Å². The zero-order valence-electron chi connectivity index (χ0n) is 11.3. The molecule has 1 aromatic carbocycles. The highest BCUT2D eigenvalue weighted by Gasteiger charge is 2.09. The predicted octanol–water partition coefficient (Wildman–Crippen LogP) is 0.538. The Morgan fingerprint density at radius 3 is 2.45 bits per heavy atom. The summed E-state index contributed by atoms with van der Waals surface area (Å²) in [6, 6.07) is 8.57. The molecule has 0 unspecified atom stereocenters. The summed E-state index contributed by atoms with van der Waals surface area (Å²) in [6.45, 7) is 1.46. The molecule has 2 rings (SSSR count). The van der Waals surface area contributed by atoms with E-state index in [2.05, 4.69) is 4.98 Å². The summed E-state index contributed by atoms with van der Waals surface area (Å²) in [7, 11) is 1.58. The van der Waals surface area contributed by atoms with Crippen molar-refractivity contribution in [3.05, 3.63) is 46.5 Å². The van der Waals surface area contributed by atoms with Gasteiger partial charge in [0.1, 0.15) is 11.6 Å². The van der Waals surface area contributed by atoms with Gasteiger partial charge in [0.2, 0.25) is 0 Å². The third-order valence-electron chi connectivity index (χ3n) is 2.93. The van der Waals surface area contributed by atoms with E-state index in [4.69, 9.17) is 14.9 Å². The number of rotatable bonds is 4. The molecule has 0 saturated carbocycles. The molecule has 0 atom stereocenters. The van der Waals surface area contributed by atoms with Crippen molar-refractivity contribution in [2.24, 2.45) is 0 Å². The molecule has 0 radical (unpaired) electrons. The van der Waals surface area contributed by atoms with Crippen molar-refractivity contribution in [1.29, 1.82) is 0 Å². The SMILES string of the molecule is COc1ccc(-c2cc(=O)n(CC(O)O)c(C)n2)cc1. The topological polar surface area (TPSA) is 84.6 Å². The van der Waals surface area contributed by atoms with Crippen LogP contribution in [-0.4, -0.2) is 33.2 Å². The van der Waals surface area contributed by atoms with E-state index in [1.54, 1.807) is 26.2 Å². The number of aryl methyl sites for hydroxylation is 1. The van der Waals surface area contributed by atoms with Crippen molar-refractivity contribution < 1.29 is 14.9 Å². The van der Waals surface area contributed by atoms with Crippen molar-refractivity contribution in [3.8, 4) is 17.0 Å². The standard InChI is InChI=1S/C14H16N2O4/c1-9-15-12(7-13(17)16(9)8-14(18)19)10-3-5-11(20-2)6-4-10/h3-7,14,18-19H,8H2,1-2H3. The number of aliphatic hydroxyl groups is 2. The molecule has 6 nitrogen and oxygen atoms in total. The minimum absolute atomic E-state index is 0.194. The number of hydrogen-bond donors (Lipinski definition) is 2. The zero-order chi connectivity index (χ0) is 14.7. The van der Waals surface area contributed by atoms with Gasteiger partial charge in [0, 0.05) is 11.6 Å². The molecule has 0 amide bonds. The van der Waals surface area contributed by atoms with Gasteiger partial charge in [0.15, 0.2) is 6.29 Å². The van der Waals surface area contributed by atoms with Crippen LogP contribution < -0.4 is 10.3 Å². The minimum Gasteiger partial charge on any atom is -0.497 e. The van der Waals surface area contributed by atoms with Gasteiger partial charge in [-0.2, -0.15) is 0 Å². The molecule has 1 heterocycles. The second-order valence-corrected chi connectivity index (χ2v) is 4.35. The van der Waals surface area contributed by atoms with Gasteiger partial charge in [-0.15, -0.1) is 0 Å². The fourth-order valence-corrected chi connectivity index (χ4v) is 1.92. The monoisotopic (exact) mass is 276 g/mol. The predicted molar refractivity (Wildman–Crippen MR) is 73.4 cm³/mol. The Balaban J connectivity index is 2.41. The largest absolute Gasteiger partial charge is 0.497 e. The summed E-state index contributed by atoms with van der Waals surface area (Å²) in [6.07, 6.45) is -1.58. The van der Waals surface area contributed by atoms with Crippen LogP contribution in [0.5, 0.6) is 5.75 Å². The van der Waals surface area contributed by atoms with Crippen LogP contribution in [0.25, 0.3) is 11.3 Å². The van der Waals surface area contributed by atoms with Crippen LogP contribution in [0.4, 0.5) is 0 Å². The van der Waals surface area contributed by atoms with Gasteiger partial charge in [-0.05, 0) is 31.2 Å². The molecular weight excluding hydrogens is 260 g/mol. The molecular formula is C14H16N2O4. The van der Waals surface area contributed by atoms with Gasteiger partial charge >= 0.3 is 0 Å². The van der Waals surface area contributed by atoms with Crippen molar-refractivity contribution in [2.75, 3.05) is 7.11 Å². The van der Waals surface area contributed by atoms with Crippen molar-refractivity contribution in [1.82, 2.24) is 9.55 Å². The highest BCUT2D eigenvalue weighted by atomic mass is 16.5. The minimum atomic E-state index is -1.58. The van der Waals surface area contributed by atoms with Crippen LogP contribution in [0.15, 0.2) is 35.1 Å². The molecule has 0 bridgehead atoms. The van der Waals surface area contributed by atoms with Crippen molar-refractivity contribution in [2.45, 2.75) is 19.8 Å². The van der Waals surface area contributed by atoms with E-state index in [0.717, 1.165) is 11.3 Å². The fraction of sp³-hybridized carbons (Fsp3) is 0.286. The zero-order valence-corrected chi connectivity index (χ0v) is 11.3. The average molecular weight is 276 g/mol. The van der Waals surface area contributed by atoms with E-state index in [-0.39, 0.29) is 12.1 Å². The first kappa shape index (κ1) is 14.2. The Morgan fingerprint density at radius 1 is 1.30 bits per heavy atom. The molecule has 0 spiro atoms. The summed E-state index contributed by atoms with van der Waals surface area (Å²) < 4.78 is 6.29. The maximum Gasteiger partial charge on any atom is 0.254 e. The van der Waals surface area contributed by atoms with Gasteiger partial charge in [-0.25, -0.2) is 4.98 Å². The van der Waals surface area contributed by atoms with Gasteiger partial charge in [0.05, 0.1) is 19.3 Å². The lowest BCUT2D eigenvalue weighted by molar-refractivity contribution is -0.0524.